The van der Waals surface area contributed by atoms with Gasteiger partial charge in [0.1, 0.15) is 17.3 Å². The molecule has 1 aliphatic heterocycles. The maximum absolute atomic E-state index is 13.9. The molecule has 5 nitrogen and oxygen atoms in total. The number of nitrogens with zero attached hydrogens (tertiary/aromatic N) is 2. The van der Waals surface area contributed by atoms with Crippen molar-refractivity contribution < 1.29 is 18.7 Å². The normalized spacial score (nSPS) is 19.9. The van der Waals surface area contributed by atoms with Crippen LogP contribution in [0, 0.1) is 18.7 Å². The van der Waals surface area contributed by atoms with Crippen molar-refractivity contribution in [2.45, 2.75) is 57.5 Å². The summed E-state index contributed by atoms with van der Waals surface area (Å²) in [5.74, 6) is 1.86. The van der Waals surface area contributed by atoms with E-state index in [4.69, 9.17) is 9.47 Å². The minimum atomic E-state index is -0.319. The molecule has 3 aromatic rings. The molecule has 2 fully saturated rings. The summed E-state index contributed by atoms with van der Waals surface area (Å²) < 4.78 is 24.7. The lowest BCUT2D eigenvalue weighted by atomic mass is 9.85. The van der Waals surface area contributed by atoms with E-state index in [-0.39, 0.29) is 23.7 Å². The van der Waals surface area contributed by atoms with Crippen LogP contribution in [0.5, 0.6) is 11.5 Å². The summed E-state index contributed by atoms with van der Waals surface area (Å²) >= 11 is 0. The van der Waals surface area contributed by atoms with Crippen LogP contribution >= 0.6 is 0 Å². The Labute approximate surface area is 237 Å². The number of amides is 1. The molecule has 1 amide bonds. The molecule has 0 radical (unpaired) electrons. The highest BCUT2D eigenvalue weighted by Gasteiger charge is 2.38. The summed E-state index contributed by atoms with van der Waals surface area (Å²) in [6.07, 6.45) is 5.58. The van der Waals surface area contributed by atoms with Gasteiger partial charge in [-0.05, 0) is 78.8 Å². The summed E-state index contributed by atoms with van der Waals surface area (Å²) in [6, 6.07) is 21.0. The first-order valence-electron chi connectivity index (χ1n) is 14.5. The van der Waals surface area contributed by atoms with Crippen LogP contribution in [0.15, 0.2) is 66.7 Å². The van der Waals surface area contributed by atoms with E-state index in [1.54, 1.807) is 26.4 Å². The van der Waals surface area contributed by atoms with Gasteiger partial charge in [0.2, 0.25) is 0 Å². The van der Waals surface area contributed by atoms with Crippen LogP contribution in [0.1, 0.15) is 65.1 Å². The molecule has 6 heteroatoms. The van der Waals surface area contributed by atoms with E-state index in [0.29, 0.717) is 18.0 Å². The van der Waals surface area contributed by atoms with Crippen molar-refractivity contribution in [3.8, 4) is 11.5 Å². The van der Waals surface area contributed by atoms with Gasteiger partial charge in [-0.1, -0.05) is 43.5 Å². The lowest BCUT2D eigenvalue weighted by molar-refractivity contribution is 0.0588. The number of carbonyl (C=O) groups excluding carboxylic acids is 1. The Kier molecular flexibility index (Phi) is 9.05. The van der Waals surface area contributed by atoms with Gasteiger partial charge in [0.25, 0.3) is 5.91 Å². The van der Waals surface area contributed by atoms with Crippen LogP contribution in [0.4, 0.5) is 4.39 Å². The smallest absolute Gasteiger partial charge is 0.254 e. The van der Waals surface area contributed by atoms with Gasteiger partial charge in [0, 0.05) is 49.8 Å². The molecule has 3 aromatic carbocycles. The fraction of sp³-hybridized carbons (Fsp3) is 0.441. The lowest BCUT2D eigenvalue weighted by Crippen LogP contribution is -2.45. The van der Waals surface area contributed by atoms with Crippen LogP contribution < -0.4 is 9.47 Å². The summed E-state index contributed by atoms with van der Waals surface area (Å²) in [7, 11) is 3.35. The number of rotatable bonds is 9. The van der Waals surface area contributed by atoms with Crippen molar-refractivity contribution in [2.24, 2.45) is 5.92 Å². The standard InChI is InChI=1S/C34H41FN2O3/c1-24-9-7-8-12-32(24)33-23-36(20-25-17-30(39-2)19-31(18-25)40-3)21-27(33)22-37(29-10-5-4-6-11-29)34(38)26-13-15-28(35)16-14-26/h7-9,12-19,27,29,33H,4-6,10-11,20-23H2,1-3H3. The minimum absolute atomic E-state index is 0.0198. The second kappa shape index (κ2) is 12.9. The zero-order valence-electron chi connectivity index (χ0n) is 23.9. The average Bonchev–Trinajstić information content (AvgIpc) is 3.37. The van der Waals surface area contributed by atoms with Crippen molar-refractivity contribution in [2.75, 3.05) is 33.9 Å². The second-order valence-electron chi connectivity index (χ2n) is 11.4. The highest BCUT2D eigenvalue weighted by molar-refractivity contribution is 5.94. The van der Waals surface area contributed by atoms with Gasteiger partial charge < -0.3 is 14.4 Å². The fourth-order valence-electron chi connectivity index (χ4n) is 6.65. The first-order chi connectivity index (χ1) is 19.4. The number of likely N-dealkylation sites (tertiary alicyclic amines) is 1. The number of carbonyl (C=O) groups is 1. The molecular weight excluding hydrogens is 503 g/mol. The first-order valence-corrected chi connectivity index (χ1v) is 14.5. The number of methoxy groups -OCH3 is 2. The molecule has 1 aliphatic carbocycles. The molecule has 2 atom stereocenters. The largest absolute Gasteiger partial charge is 0.497 e. The molecule has 1 saturated carbocycles. The molecular formula is C34H41FN2O3. The van der Waals surface area contributed by atoms with Crippen LogP contribution in [0.3, 0.4) is 0 Å². The number of benzene rings is 3. The Morgan fingerprint density at radius 3 is 2.25 bits per heavy atom. The summed E-state index contributed by atoms with van der Waals surface area (Å²) in [5, 5.41) is 0. The van der Waals surface area contributed by atoms with E-state index in [1.807, 2.05) is 6.07 Å². The third-order valence-corrected chi connectivity index (χ3v) is 8.72. The van der Waals surface area contributed by atoms with E-state index in [2.05, 4.69) is 53.1 Å². The summed E-state index contributed by atoms with van der Waals surface area (Å²) in [5.41, 5.74) is 4.36. The molecule has 0 N–H and O–H groups in total. The molecule has 2 aliphatic rings. The van der Waals surface area contributed by atoms with Gasteiger partial charge in [-0.3, -0.25) is 9.69 Å². The van der Waals surface area contributed by atoms with E-state index in [1.165, 1.54) is 29.7 Å². The number of hydrogen-bond donors (Lipinski definition) is 0. The van der Waals surface area contributed by atoms with Crippen LogP contribution in [-0.4, -0.2) is 55.6 Å². The van der Waals surface area contributed by atoms with Gasteiger partial charge in [-0.25, -0.2) is 4.39 Å². The van der Waals surface area contributed by atoms with Crippen molar-refractivity contribution in [1.82, 2.24) is 9.80 Å². The van der Waals surface area contributed by atoms with Gasteiger partial charge in [-0.2, -0.15) is 0 Å². The van der Waals surface area contributed by atoms with Crippen LogP contribution in [0.2, 0.25) is 0 Å². The van der Waals surface area contributed by atoms with E-state index >= 15 is 0 Å². The van der Waals surface area contributed by atoms with Gasteiger partial charge in [0.15, 0.2) is 0 Å². The Bertz CT molecular complexity index is 1270. The van der Waals surface area contributed by atoms with Crippen LogP contribution in [0.25, 0.3) is 0 Å². The van der Waals surface area contributed by atoms with E-state index < -0.39 is 0 Å². The molecule has 0 bridgehead atoms. The fourth-order valence-corrected chi connectivity index (χ4v) is 6.65. The second-order valence-corrected chi connectivity index (χ2v) is 11.4. The molecule has 1 saturated heterocycles. The van der Waals surface area contributed by atoms with Crippen molar-refractivity contribution in [3.05, 3.63) is 94.8 Å². The number of aryl methyl sites for hydroxylation is 1. The highest BCUT2D eigenvalue weighted by atomic mass is 19.1. The Hall–Kier alpha value is -3.38. The van der Waals surface area contributed by atoms with Gasteiger partial charge >= 0.3 is 0 Å². The van der Waals surface area contributed by atoms with Gasteiger partial charge in [-0.15, -0.1) is 0 Å². The summed E-state index contributed by atoms with van der Waals surface area (Å²) in [4.78, 5) is 18.6. The average molecular weight is 545 g/mol. The quantitative estimate of drug-likeness (QED) is 0.296. The number of ether oxygens (including phenoxy) is 2. The molecule has 5 rings (SSSR count). The minimum Gasteiger partial charge on any atom is -0.497 e. The Balaban J connectivity index is 1.44. The van der Waals surface area contributed by atoms with Crippen molar-refractivity contribution >= 4 is 5.91 Å². The molecule has 212 valence electrons. The maximum Gasteiger partial charge on any atom is 0.254 e. The molecule has 0 spiro atoms. The SMILES string of the molecule is COc1cc(CN2CC(CN(C(=O)c3ccc(F)cc3)C3CCCCC3)C(c3ccccc3C)C2)cc(OC)c1. The molecule has 0 aromatic heterocycles. The molecule has 1 heterocycles. The Morgan fingerprint density at radius 1 is 0.925 bits per heavy atom. The molecule has 40 heavy (non-hydrogen) atoms. The highest BCUT2D eigenvalue weighted by Crippen LogP contribution is 2.38. The number of hydrogen-bond acceptors (Lipinski definition) is 4. The van der Waals surface area contributed by atoms with Crippen molar-refractivity contribution in [3.63, 3.8) is 0 Å². The third kappa shape index (κ3) is 6.49. The third-order valence-electron chi connectivity index (χ3n) is 8.72. The topological polar surface area (TPSA) is 42.0 Å². The Morgan fingerprint density at radius 2 is 1.60 bits per heavy atom. The monoisotopic (exact) mass is 544 g/mol. The van der Waals surface area contributed by atoms with Gasteiger partial charge in [0.05, 0.1) is 14.2 Å². The van der Waals surface area contributed by atoms with E-state index in [0.717, 1.165) is 62.4 Å². The van der Waals surface area contributed by atoms with Crippen LogP contribution in [-0.2, 0) is 6.54 Å². The maximum atomic E-state index is 13.9. The zero-order valence-corrected chi connectivity index (χ0v) is 23.9. The lowest BCUT2D eigenvalue weighted by Gasteiger charge is -2.37. The predicted molar refractivity (Wildman–Crippen MR) is 157 cm³/mol. The molecule has 2 unspecified atom stereocenters. The number of halogens is 1. The zero-order chi connectivity index (χ0) is 28.1. The van der Waals surface area contributed by atoms with E-state index in [9.17, 15) is 9.18 Å². The van der Waals surface area contributed by atoms with Crippen molar-refractivity contribution in [1.29, 1.82) is 0 Å². The first kappa shape index (κ1) is 28.2. The summed E-state index contributed by atoms with van der Waals surface area (Å²) in [6.45, 7) is 5.46. The predicted octanol–water partition coefficient (Wildman–Crippen LogP) is 6.84.